The van der Waals surface area contributed by atoms with Crippen molar-refractivity contribution in [1.82, 2.24) is 0 Å². The summed E-state index contributed by atoms with van der Waals surface area (Å²) in [4.78, 5) is 25.9. The molecule has 0 heterocycles. The van der Waals surface area contributed by atoms with Gasteiger partial charge in [0.05, 0.1) is 0 Å². The summed E-state index contributed by atoms with van der Waals surface area (Å²) in [6.07, 6.45) is 13.9. The van der Waals surface area contributed by atoms with E-state index >= 15 is 0 Å². The van der Waals surface area contributed by atoms with Crippen molar-refractivity contribution in [3.8, 4) is 0 Å². The van der Waals surface area contributed by atoms with Crippen LogP contribution in [0, 0.1) is 26.7 Å². The first-order valence-corrected chi connectivity index (χ1v) is 19.4. The van der Waals surface area contributed by atoms with Crippen molar-refractivity contribution in [2.45, 2.75) is 129 Å². The molecule has 0 aliphatic heterocycles. The molecule has 2 nitrogen and oxygen atoms in total. The highest BCUT2D eigenvalue weighted by Crippen LogP contribution is 2.34. The molecule has 0 aromatic heterocycles. The predicted octanol–water partition coefficient (Wildman–Crippen LogP) is 14.9. The minimum Gasteiger partial charge on any atom is -0.289 e. The fourth-order valence-corrected chi connectivity index (χ4v) is 5.41. The summed E-state index contributed by atoms with van der Waals surface area (Å²) >= 11 is 0. The molecule has 0 bridgehead atoms. The Morgan fingerprint density at radius 3 is 1.90 bits per heavy atom. The van der Waals surface area contributed by atoms with E-state index in [1.807, 2.05) is 104 Å². The Balaban J connectivity index is 0. The van der Waals surface area contributed by atoms with Gasteiger partial charge in [0.1, 0.15) is 0 Å². The summed E-state index contributed by atoms with van der Waals surface area (Å²) in [5.41, 5.74) is 17.9. The molecule has 2 aromatic carbocycles. The highest BCUT2D eigenvalue weighted by atomic mass is 16.1. The first kappa shape index (κ1) is 49.6. The molecular weight excluding hydrogens is 633 g/mol. The third kappa shape index (κ3) is 16.2. The summed E-state index contributed by atoms with van der Waals surface area (Å²) in [5.74, 6) is 0.133. The van der Waals surface area contributed by atoms with Crippen LogP contribution in [0.25, 0.3) is 0 Å². The van der Waals surface area contributed by atoms with Gasteiger partial charge in [0, 0.05) is 23.1 Å². The molecule has 0 amide bonds. The molecule has 0 radical (unpaired) electrons. The summed E-state index contributed by atoms with van der Waals surface area (Å²) in [7, 11) is 0. The number of carbonyl (C=O) groups excluding carboxylic acids is 2. The van der Waals surface area contributed by atoms with E-state index in [9.17, 15) is 9.59 Å². The lowest BCUT2D eigenvalue weighted by atomic mass is 9.87. The Bertz CT molecular complexity index is 1670. The maximum Gasteiger partial charge on any atom is 0.188 e. The van der Waals surface area contributed by atoms with Gasteiger partial charge in [0.15, 0.2) is 11.6 Å². The molecule has 2 aromatic rings. The van der Waals surface area contributed by atoms with Crippen LogP contribution >= 0.6 is 0 Å². The van der Waals surface area contributed by atoms with Gasteiger partial charge in [-0.1, -0.05) is 156 Å². The van der Waals surface area contributed by atoms with E-state index in [2.05, 4.69) is 84.9 Å². The van der Waals surface area contributed by atoms with Crippen molar-refractivity contribution in [2.75, 3.05) is 0 Å². The summed E-state index contributed by atoms with van der Waals surface area (Å²) in [6, 6.07) is 11.8. The highest BCUT2D eigenvalue weighted by molar-refractivity contribution is 6.08. The maximum atomic E-state index is 13.0. The zero-order valence-corrected chi connectivity index (χ0v) is 35.4. The van der Waals surface area contributed by atoms with E-state index in [4.69, 9.17) is 0 Å². The number of Topliss-reactive ketones (excluding diaryl/α,β-unsaturated/α-hetero) is 1. The number of allylic oxidation sites excluding steroid dienone is 11. The smallest absolute Gasteiger partial charge is 0.188 e. The molecule has 0 fully saturated rings. The van der Waals surface area contributed by atoms with Gasteiger partial charge in [-0.3, -0.25) is 9.59 Å². The van der Waals surface area contributed by atoms with Crippen LogP contribution in [-0.4, -0.2) is 11.6 Å². The second-order valence-electron chi connectivity index (χ2n) is 12.3. The van der Waals surface area contributed by atoms with Gasteiger partial charge in [0.25, 0.3) is 0 Å². The molecule has 2 heteroatoms. The Hall–Kier alpha value is -4.48. The van der Waals surface area contributed by atoms with Crippen LogP contribution in [0.1, 0.15) is 145 Å². The van der Waals surface area contributed by atoms with Crippen molar-refractivity contribution < 1.29 is 9.59 Å². The van der Waals surface area contributed by atoms with E-state index < -0.39 is 0 Å². The maximum absolute atomic E-state index is 13.0. The van der Waals surface area contributed by atoms with Gasteiger partial charge in [-0.15, -0.1) is 11.5 Å². The second kappa shape index (κ2) is 28.1. The summed E-state index contributed by atoms with van der Waals surface area (Å²) in [6.45, 7) is 40.5. The molecule has 52 heavy (non-hydrogen) atoms. The van der Waals surface area contributed by atoms with E-state index in [0.717, 1.165) is 63.8 Å². The number of ketones is 2. The molecule has 0 saturated carbocycles. The molecule has 1 aliphatic rings. The minimum absolute atomic E-state index is 0.0249. The van der Waals surface area contributed by atoms with Crippen LogP contribution in [0.2, 0.25) is 0 Å². The third-order valence-corrected chi connectivity index (χ3v) is 8.05. The van der Waals surface area contributed by atoms with Crippen molar-refractivity contribution in [3.63, 3.8) is 0 Å². The Morgan fingerprint density at radius 2 is 1.38 bits per heavy atom. The molecule has 0 N–H and O–H groups in total. The first-order valence-electron chi connectivity index (χ1n) is 19.4. The standard InChI is InChI=1S/C41H44O2.C3H8.3C2H6/c1-10-13-14-33(11-2)24-32(9)41(43)36-18-15-34(16-19-36)22-30(7)37(12-3)38-26-35(23-31(38)8)17-20-40(42)39-25-28(5)27(4)21-29(39)6;1-3-2;3*1-2/h13-21,25-26,30H,2-3,9-10,22-24H2,1,4-8H3;3H2,1-2H3;3*1-2H3/b14-13?,20-17-;;;;. The van der Waals surface area contributed by atoms with E-state index in [-0.39, 0.29) is 17.5 Å². The number of hydrogen-bond donors (Lipinski definition) is 0. The molecule has 1 unspecified atom stereocenters. The lowest BCUT2D eigenvalue weighted by Crippen LogP contribution is -2.06. The molecule has 0 saturated heterocycles. The SMILES string of the molecule is C=C=C(C=CCC)CC(=C)C(=O)c1ccc(CC(C)C(=C=C)C2=C(C)CC(/C=C\C(=O)c3cc(C)c(C)cc3C)=C2)cc1.CC.CC.CC.CCC. The lowest BCUT2D eigenvalue weighted by molar-refractivity contribution is 0.102. The topological polar surface area (TPSA) is 34.1 Å². The van der Waals surface area contributed by atoms with Gasteiger partial charge >= 0.3 is 0 Å². The Kier molecular flexibility index (Phi) is 26.9. The van der Waals surface area contributed by atoms with E-state index in [0.29, 0.717) is 17.6 Å². The average Bonchev–Trinajstić information content (AvgIpc) is 3.52. The summed E-state index contributed by atoms with van der Waals surface area (Å²) < 4.78 is 0. The molecule has 3 rings (SSSR count). The fourth-order valence-electron chi connectivity index (χ4n) is 5.41. The van der Waals surface area contributed by atoms with Crippen LogP contribution in [0.4, 0.5) is 0 Å². The predicted molar refractivity (Wildman–Crippen MR) is 232 cm³/mol. The number of rotatable bonds is 13. The summed E-state index contributed by atoms with van der Waals surface area (Å²) in [5, 5.41) is 0. The van der Waals surface area contributed by atoms with E-state index in [1.165, 1.54) is 17.6 Å². The first-order chi connectivity index (χ1) is 24.9. The molecule has 282 valence electrons. The van der Waals surface area contributed by atoms with Crippen LogP contribution < -0.4 is 0 Å². The zero-order valence-electron chi connectivity index (χ0n) is 35.4. The normalized spacial score (nSPS) is 11.9. The molecular formula is C50H70O2. The highest BCUT2D eigenvalue weighted by Gasteiger charge is 2.20. The average molecular weight is 703 g/mol. The van der Waals surface area contributed by atoms with Crippen molar-refractivity contribution >= 4 is 11.6 Å². The van der Waals surface area contributed by atoms with Crippen molar-refractivity contribution in [3.05, 3.63) is 165 Å². The van der Waals surface area contributed by atoms with Crippen LogP contribution in [-0.2, 0) is 6.42 Å². The lowest BCUT2D eigenvalue weighted by Gasteiger charge is -2.16. The second-order valence-corrected chi connectivity index (χ2v) is 12.3. The van der Waals surface area contributed by atoms with Crippen LogP contribution in [0.5, 0.6) is 0 Å². The largest absolute Gasteiger partial charge is 0.289 e. The fraction of sp³-hybridized carbons (Fsp3) is 0.400. The number of carbonyl (C=O) groups is 2. The zero-order chi connectivity index (χ0) is 40.4. The monoisotopic (exact) mass is 703 g/mol. The van der Waals surface area contributed by atoms with Crippen LogP contribution in [0.15, 0.2) is 131 Å². The quantitative estimate of drug-likeness (QED) is 0.0901. The molecule has 0 spiro atoms. The molecule has 1 atom stereocenters. The van der Waals surface area contributed by atoms with Gasteiger partial charge in [-0.25, -0.2) is 0 Å². The van der Waals surface area contributed by atoms with Gasteiger partial charge in [-0.2, -0.15) is 0 Å². The van der Waals surface area contributed by atoms with Crippen LogP contribution in [0.3, 0.4) is 0 Å². The van der Waals surface area contributed by atoms with E-state index in [1.54, 1.807) is 6.08 Å². The third-order valence-electron chi connectivity index (χ3n) is 8.05. The van der Waals surface area contributed by atoms with Crippen molar-refractivity contribution in [2.24, 2.45) is 5.92 Å². The minimum atomic E-state index is -0.0625. The number of hydrogen-bond acceptors (Lipinski definition) is 2. The molecule has 1 aliphatic carbocycles. The number of aryl methyl sites for hydroxylation is 3. The van der Waals surface area contributed by atoms with Gasteiger partial charge in [-0.05, 0) is 110 Å². The van der Waals surface area contributed by atoms with Crippen molar-refractivity contribution in [1.29, 1.82) is 0 Å². The Labute approximate surface area is 319 Å². The number of benzene rings is 2. The van der Waals surface area contributed by atoms with Gasteiger partial charge in [0.2, 0.25) is 0 Å². The van der Waals surface area contributed by atoms with Gasteiger partial charge < -0.3 is 0 Å². The Morgan fingerprint density at radius 1 is 0.827 bits per heavy atom.